The van der Waals surface area contributed by atoms with E-state index in [4.69, 9.17) is 9.47 Å². The third-order valence-corrected chi connectivity index (χ3v) is 5.21. The van der Waals surface area contributed by atoms with Gasteiger partial charge in [0.05, 0.1) is 5.25 Å². The number of benzene rings is 2. The molecule has 0 aromatic heterocycles. The number of hydrogen-bond acceptors (Lipinski definition) is 4. The minimum absolute atomic E-state index is 0.130. The Labute approximate surface area is 153 Å². The smallest absolute Gasteiger partial charge is 0.236 e. The number of para-hydroxylation sites is 1. The summed E-state index contributed by atoms with van der Waals surface area (Å²) in [6, 6.07) is 15.9. The second-order valence-electron chi connectivity index (χ2n) is 5.87. The molecule has 25 heavy (non-hydrogen) atoms. The van der Waals surface area contributed by atoms with Crippen LogP contribution in [0.2, 0.25) is 0 Å². The molecular weight excluding hydrogens is 334 g/mol. The number of ether oxygens (including phenoxy) is 2. The minimum atomic E-state index is -0.140. The molecule has 0 N–H and O–H groups in total. The summed E-state index contributed by atoms with van der Waals surface area (Å²) in [7, 11) is 0. The van der Waals surface area contributed by atoms with Gasteiger partial charge in [0.2, 0.25) is 5.91 Å². The lowest BCUT2D eigenvalue weighted by Gasteiger charge is -2.27. The number of nitrogens with zero attached hydrogens (tertiary/aromatic N) is 1. The molecule has 1 amide bonds. The van der Waals surface area contributed by atoms with Crippen LogP contribution in [0.3, 0.4) is 0 Å². The maximum Gasteiger partial charge on any atom is 0.236 e. The van der Waals surface area contributed by atoms with E-state index in [1.807, 2.05) is 67.3 Å². The molecule has 0 aliphatic carbocycles. The SMILES string of the molecule is CCN(Cc1cccc2c1OCCO2)C(=O)C(C)Sc1ccccc1. The van der Waals surface area contributed by atoms with E-state index in [9.17, 15) is 4.79 Å². The quantitative estimate of drug-likeness (QED) is 0.733. The first kappa shape index (κ1) is 17.7. The van der Waals surface area contributed by atoms with Crippen molar-refractivity contribution in [3.63, 3.8) is 0 Å². The normalized spacial score (nSPS) is 14.0. The summed E-state index contributed by atoms with van der Waals surface area (Å²) in [6.45, 7) is 6.26. The molecule has 0 fully saturated rings. The molecule has 2 aromatic carbocycles. The van der Waals surface area contributed by atoms with Gasteiger partial charge in [0.15, 0.2) is 11.5 Å². The number of hydrogen-bond donors (Lipinski definition) is 0. The van der Waals surface area contributed by atoms with Crippen molar-refractivity contribution in [1.82, 2.24) is 4.90 Å². The standard InChI is InChI=1S/C20H23NO3S/c1-3-21(20(22)15(2)25-17-9-5-4-6-10-17)14-16-8-7-11-18-19(16)24-13-12-23-18/h4-11,15H,3,12-14H2,1-2H3. The fraction of sp³-hybridized carbons (Fsp3) is 0.350. The van der Waals surface area contributed by atoms with E-state index in [-0.39, 0.29) is 11.2 Å². The average Bonchev–Trinajstić information content (AvgIpc) is 2.66. The van der Waals surface area contributed by atoms with Crippen molar-refractivity contribution in [3.05, 3.63) is 54.1 Å². The molecule has 1 aliphatic rings. The molecule has 0 saturated carbocycles. The number of fused-ring (bicyclic) bond motifs is 1. The van der Waals surface area contributed by atoms with Gasteiger partial charge in [0, 0.05) is 23.5 Å². The highest BCUT2D eigenvalue weighted by Gasteiger charge is 2.23. The van der Waals surface area contributed by atoms with Crippen LogP contribution in [-0.4, -0.2) is 35.8 Å². The Kier molecular flexibility index (Phi) is 5.87. The molecule has 2 aromatic rings. The van der Waals surface area contributed by atoms with Crippen LogP contribution < -0.4 is 9.47 Å². The first-order valence-corrected chi connectivity index (χ1v) is 9.45. The zero-order valence-electron chi connectivity index (χ0n) is 14.6. The van der Waals surface area contributed by atoms with Crippen molar-refractivity contribution in [2.45, 2.75) is 30.5 Å². The average molecular weight is 357 g/mol. The van der Waals surface area contributed by atoms with Crippen LogP contribution in [0, 0.1) is 0 Å². The van der Waals surface area contributed by atoms with Gasteiger partial charge in [0.1, 0.15) is 13.2 Å². The van der Waals surface area contributed by atoms with Crippen LogP contribution in [0.25, 0.3) is 0 Å². The van der Waals surface area contributed by atoms with Gasteiger partial charge in [-0.25, -0.2) is 0 Å². The summed E-state index contributed by atoms with van der Waals surface area (Å²) in [5.74, 6) is 1.66. The van der Waals surface area contributed by atoms with Crippen molar-refractivity contribution in [2.24, 2.45) is 0 Å². The van der Waals surface area contributed by atoms with E-state index in [0.29, 0.717) is 26.3 Å². The molecule has 5 heteroatoms. The maximum absolute atomic E-state index is 12.9. The van der Waals surface area contributed by atoms with Crippen molar-refractivity contribution >= 4 is 17.7 Å². The van der Waals surface area contributed by atoms with Crippen LogP contribution in [0.5, 0.6) is 11.5 Å². The van der Waals surface area contributed by atoms with Crippen LogP contribution in [-0.2, 0) is 11.3 Å². The van der Waals surface area contributed by atoms with E-state index in [0.717, 1.165) is 22.0 Å². The predicted octanol–water partition coefficient (Wildman–Crippen LogP) is 3.99. The van der Waals surface area contributed by atoms with Gasteiger partial charge >= 0.3 is 0 Å². The monoisotopic (exact) mass is 357 g/mol. The fourth-order valence-electron chi connectivity index (χ4n) is 2.82. The Balaban J connectivity index is 1.71. The maximum atomic E-state index is 12.9. The Hall–Kier alpha value is -2.14. The van der Waals surface area contributed by atoms with Crippen LogP contribution in [0.15, 0.2) is 53.4 Å². The number of amides is 1. The van der Waals surface area contributed by atoms with Crippen molar-refractivity contribution in [3.8, 4) is 11.5 Å². The van der Waals surface area contributed by atoms with Gasteiger partial charge < -0.3 is 14.4 Å². The lowest BCUT2D eigenvalue weighted by atomic mass is 10.1. The molecule has 0 radical (unpaired) electrons. The number of carbonyl (C=O) groups is 1. The number of thioether (sulfide) groups is 1. The summed E-state index contributed by atoms with van der Waals surface area (Å²) < 4.78 is 11.4. The molecular formula is C20H23NO3S. The summed E-state index contributed by atoms with van der Waals surface area (Å²) in [5, 5.41) is -0.140. The molecule has 4 nitrogen and oxygen atoms in total. The predicted molar refractivity (Wildman–Crippen MR) is 100 cm³/mol. The molecule has 0 saturated heterocycles. The molecule has 132 valence electrons. The summed E-state index contributed by atoms with van der Waals surface area (Å²) >= 11 is 1.59. The Morgan fingerprint density at radius 3 is 2.64 bits per heavy atom. The third kappa shape index (κ3) is 4.28. The molecule has 1 aliphatic heterocycles. The highest BCUT2D eigenvalue weighted by Crippen LogP contribution is 2.34. The lowest BCUT2D eigenvalue weighted by molar-refractivity contribution is -0.130. The second kappa shape index (κ2) is 8.30. The van der Waals surface area contributed by atoms with Gasteiger partial charge in [-0.2, -0.15) is 0 Å². The van der Waals surface area contributed by atoms with Crippen LogP contribution >= 0.6 is 11.8 Å². The topological polar surface area (TPSA) is 38.8 Å². The summed E-state index contributed by atoms with van der Waals surface area (Å²) in [4.78, 5) is 15.9. The molecule has 0 spiro atoms. The highest BCUT2D eigenvalue weighted by atomic mass is 32.2. The van der Waals surface area contributed by atoms with E-state index in [1.165, 1.54) is 0 Å². The van der Waals surface area contributed by atoms with Crippen molar-refractivity contribution in [2.75, 3.05) is 19.8 Å². The van der Waals surface area contributed by atoms with E-state index < -0.39 is 0 Å². The largest absolute Gasteiger partial charge is 0.486 e. The highest BCUT2D eigenvalue weighted by molar-refractivity contribution is 8.00. The molecule has 1 atom stereocenters. The first-order chi connectivity index (χ1) is 12.2. The zero-order chi connectivity index (χ0) is 17.6. The first-order valence-electron chi connectivity index (χ1n) is 8.57. The minimum Gasteiger partial charge on any atom is -0.486 e. The fourth-order valence-corrected chi connectivity index (χ4v) is 3.79. The molecule has 0 bridgehead atoms. The van der Waals surface area contributed by atoms with Crippen LogP contribution in [0.4, 0.5) is 0 Å². The number of carbonyl (C=O) groups excluding carboxylic acids is 1. The third-order valence-electron chi connectivity index (χ3n) is 4.11. The molecule has 1 unspecified atom stereocenters. The lowest BCUT2D eigenvalue weighted by Crippen LogP contribution is -2.36. The van der Waals surface area contributed by atoms with Crippen molar-refractivity contribution < 1.29 is 14.3 Å². The Morgan fingerprint density at radius 1 is 1.12 bits per heavy atom. The van der Waals surface area contributed by atoms with E-state index in [1.54, 1.807) is 11.8 Å². The van der Waals surface area contributed by atoms with Gasteiger partial charge in [-0.1, -0.05) is 30.3 Å². The van der Waals surface area contributed by atoms with Gasteiger partial charge in [-0.15, -0.1) is 11.8 Å². The van der Waals surface area contributed by atoms with Crippen LogP contribution in [0.1, 0.15) is 19.4 Å². The number of rotatable bonds is 6. The van der Waals surface area contributed by atoms with Gasteiger partial charge in [-0.3, -0.25) is 4.79 Å². The van der Waals surface area contributed by atoms with Gasteiger partial charge in [-0.05, 0) is 32.0 Å². The van der Waals surface area contributed by atoms with E-state index >= 15 is 0 Å². The van der Waals surface area contributed by atoms with E-state index in [2.05, 4.69) is 0 Å². The van der Waals surface area contributed by atoms with Gasteiger partial charge in [0.25, 0.3) is 0 Å². The summed E-state index contributed by atoms with van der Waals surface area (Å²) in [6.07, 6.45) is 0. The summed E-state index contributed by atoms with van der Waals surface area (Å²) in [5.41, 5.74) is 0.990. The molecule has 3 rings (SSSR count). The zero-order valence-corrected chi connectivity index (χ0v) is 15.4. The Morgan fingerprint density at radius 2 is 1.88 bits per heavy atom. The van der Waals surface area contributed by atoms with Crippen molar-refractivity contribution in [1.29, 1.82) is 0 Å². The second-order valence-corrected chi connectivity index (χ2v) is 7.28. The molecule has 1 heterocycles. The Bertz CT molecular complexity index is 720.